The normalized spacial score (nSPS) is 20.3. The summed E-state index contributed by atoms with van der Waals surface area (Å²) in [4.78, 5) is 16.9. The van der Waals surface area contributed by atoms with Crippen LogP contribution in [0.4, 0.5) is 0 Å². The summed E-state index contributed by atoms with van der Waals surface area (Å²) in [6.45, 7) is 6.61. The molecule has 3 rings (SSSR count). The Kier molecular flexibility index (Phi) is 5.33. The van der Waals surface area contributed by atoms with Crippen molar-refractivity contribution in [1.82, 2.24) is 15.5 Å². The molecule has 0 radical (unpaired) electrons. The van der Waals surface area contributed by atoms with E-state index >= 15 is 0 Å². The van der Waals surface area contributed by atoms with Crippen molar-refractivity contribution in [2.24, 2.45) is 0 Å². The molecule has 2 aromatic rings. The number of aryl methyl sites for hydroxylation is 3. The van der Waals surface area contributed by atoms with Crippen LogP contribution in [0.3, 0.4) is 0 Å². The number of nitrogens with one attached hydrogen (secondary N) is 1. The maximum Gasteiger partial charge on any atom is 0.257 e. The van der Waals surface area contributed by atoms with Crippen molar-refractivity contribution in [3.05, 3.63) is 41.0 Å². The van der Waals surface area contributed by atoms with Crippen LogP contribution in [0.25, 0.3) is 0 Å². The minimum absolute atomic E-state index is 0.174. The van der Waals surface area contributed by atoms with Crippen LogP contribution in [0.2, 0.25) is 0 Å². The Morgan fingerprint density at radius 2 is 2.24 bits per heavy atom. The molecular formula is C18H23N3O4. The van der Waals surface area contributed by atoms with Crippen molar-refractivity contribution < 1.29 is 18.8 Å². The fourth-order valence-electron chi connectivity index (χ4n) is 2.88. The van der Waals surface area contributed by atoms with Crippen LogP contribution < -0.4 is 10.1 Å². The summed E-state index contributed by atoms with van der Waals surface area (Å²) in [5.74, 6) is 1.00. The third-order valence-corrected chi connectivity index (χ3v) is 4.28. The largest absolute Gasteiger partial charge is 0.486 e. The third kappa shape index (κ3) is 3.99. The van der Waals surface area contributed by atoms with E-state index in [1.165, 1.54) is 0 Å². The van der Waals surface area contributed by atoms with Gasteiger partial charge in [-0.3, -0.25) is 9.78 Å². The zero-order chi connectivity index (χ0) is 17.8. The van der Waals surface area contributed by atoms with Crippen LogP contribution in [0.5, 0.6) is 5.75 Å². The lowest BCUT2D eigenvalue weighted by atomic mass is 10.0. The molecule has 0 bridgehead atoms. The second-order valence-corrected chi connectivity index (χ2v) is 6.15. The number of hydrogen-bond acceptors (Lipinski definition) is 6. The highest BCUT2D eigenvalue weighted by molar-refractivity contribution is 5.96. The van der Waals surface area contributed by atoms with E-state index in [4.69, 9.17) is 14.0 Å². The number of carbonyl (C=O) groups is 1. The fourth-order valence-corrected chi connectivity index (χ4v) is 2.88. The first-order valence-electron chi connectivity index (χ1n) is 8.51. The fraction of sp³-hybridized carbons (Fsp3) is 0.500. The topological polar surface area (TPSA) is 86.5 Å². The van der Waals surface area contributed by atoms with Gasteiger partial charge in [0.2, 0.25) is 0 Å². The molecule has 7 heteroatoms. The molecule has 0 spiro atoms. The Hall–Kier alpha value is -2.41. The van der Waals surface area contributed by atoms with Crippen molar-refractivity contribution in [1.29, 1.82) is 0 Å². The number of ether oxygens (including phenoxy) is 2. The molecule has 1 amide bonds. The lowest BCUT2D eigenvalue weighted by Gasteiger charge is -2.32. The molecular weight excluding hydrogens is 322 g/mol. The number of aromatic nitrogens is 2. The van der Waals surface area contributed by atoms with E-state index in [2.05, 4.69) is 15.5 Å². The minimum Gasteiger partial charge on any atom is -0.486 e. The highest BCUT2D eigenvalue weighted by Gasteiger charge is 2.31. The summed E-state index contributed by atoms with van der Waals surface area (Å²) >= 11 is 0. The molecule has 7 nitrogen and oxygen atoms in total. The summed E-state index contributed by atoms with van der Waals surface area (Å²) < 4.78 is 16.7. The van der Waals surface area contributed by atoms with Crippen molar-refractivity contribution in [3.8, 4) is 5.75 Å². The quantitative estimate of drug-likeness (QED) is 0.894. The van der Waals surface area contributed by atoms with Gasteiger partial charge >= 0.3 is 0 Å². The Morgan fingerprint density at radius 1 is 1.40 bits per heavy atom. The highest BCUT2D eigenvalue weighted by atomic mass is 16.5. The molecule has 0 aromatic carbocycles. The Labute approximate surface area is 146 Å². The first kappa shape index (κ1) is 17.4. The van der Waals surface area contributed by atoms with Gasteiger partial charge in [-0.15, -0.1) is 0 Å². The first-order valence-corrected chi connectivity index (χ1v) is 8.51. The van der Waals surface area contributed by atoms with Gasteiger partial charge in [-0.2, -0.15) is 0 Å². The van der Waals surface area contributed by atoms with Gasteiger partial charge in [0.1, 0.15) is 23.2 Å². The van der Waals surface area contributed by atoms with E-state index in [1.54, 1.807) is 13.1 Å². The van der Waals surface area contributed by atoms with Crippen molar-refractivity contribution in [3.63, 3.8) is 0 Å². The van der Waals surface area contributed by atoms with Gasteiger partial charge in [-0.05, 0) is 32.4 Å². The predicted octanol–water partition coefficient (Wildman–Crippen LogP) is 2.22. The molecule has 0 aliphatic carbocycles. The number of pyridine rings is 1. The smallest absolute Gasteiger partial charge is 0.257 e. The molecule has 0 saturated carbocycles. The molecule has 1 aliphatic heterocycles. The van der Waals surface area contributed by atoms with E-state index in [-0.39, 0.29) is 18.1 Å². The maximum atomic E-state index is 12.7. The highest BCUT2D eigenvalue weighted by Crippen LogP contribution is 2.19. The van der Waals surface area contributed by atoms with Crippen LogP contribution >= 0.6 is 0 Å². The number of amides is 1. The molecule has 2 aromatic heterocycles. The molecule has 1 N–H and O–H groups in total. The van der Waals surface area contributed by atoms with Gasteiger partial charge in [0.05, 0.1) is 31.1 Å². The monoisotopic (exact) mass is 345 g/mol. The Morgan fingerprint density at radius 3 is 2.96 bits per heavy atom. The van der Waals surface area contributed by atoms with E-state index in [0.29, 0.717) is 48.8 Å². The standard InChI is InChI=1S/C18H23N3O4/c1-4-14-17(12(3)25-21-14)18(22)20-15-10-23-8-7-16(15)24-13-6-5-11(2)19-9-13/h5-6,9,15-16H,4,7-8,10H2,1-3H3,(H,20,22)/t15-,16+/m1/s1. The van der Waals surface area contributed by atoms with Gasteiger partial charge in [0, 0.05) is 12.1 Å². The second-order valence-electron chi connectivity index (χ2n) is 6.15. The van der Waals surface area contributed by atoms with Crippen LogP contribution in [-0.2, 0) is 11.2 Å². The Balaban J connectivity index is 1.71. The van der Waals surface area contributed by atoms with E-state index in [1.807, 2.05) is 26.0 Å². The third-order valence-electron chi connectivity index (χ3n) is 4.28. The van der Waals surface area contributed by atoms with Crippen LogP contribution in [0.1, 0.15) is 40.9 Å². The van der Waals surface area contributed by atoms with Crippen molar-refractivity contribution in [2.75, 3.05) is 13.2 Å². The average Bonchev–Trinajstić information content (AvgIpc) is 2.99. The number of hydrogen-bond donors (Lipinski definition) is 1. The molecule has 1 saturated heterocycles. The second kappa shape index (κ2) is 7.65. The zero-order valence-electron chi connectivity index (χ0n) is 14.7. The van der Waals surface area contributed by atoms with Crippen LogP contribution in [0.15, 0.2) is 22.9 Å². The van der Waals surface area contributed by atoms with Gasteiger partial charge in [0.25, 0.3) is 5.91 Å². The number of carbonyl (C=O) groups excluding carboxylic acids is 1. The van der Waals surface area contributed by atoms with Gasteiger partial charge in [0.15, 0.2) is 0 Å². The Bertz CT molecular complexity index is 726. The first-order chi connectivity index (χ1) is 12.1. The minimum atomic E-state index is -0.249. The number of rotatable bonds is 5. The van der Waals surface area contributed by atoms with Crippen LogP contribution in [0, 0.1) is 13.8 Å². The van der Waals surface area contributed by atoms with Gasteiger partial charge in [-0.25, -0.2) is 0 Å². The van der Waals surface area contributed by atoms with Gasteiger partial charge in [-0.1, -0.05) is 12.1 Å². The number of nitrogens with zero attached hydrogens (tertiary/aromatic N) is 2. The molecule has 1 aliphatic rings. The summed E-state index contributed by atoms with van der Waals surface area (Å²) in [5, 5.41) is 6.95. The lowest BCUT2D eigenvalue weighted by Crippen LogP contribution is -2.52. The summed E-state index contributed by atoms with van der Waals surface area (Å²) in [7, 11) is 0. The van der Waals surface area contributed by atoms with Gasteiger partial charge < -0.3 is 19.3 Å². The molecule has 3 heterocycles. The average molecular weight is 345 g/mol. The summed E-state index contributed by atoms with van der Waals surface area (Å²) in [6, 6.07) is 3.54. The molecule has 2 atom stereocenters. The SMILES string of the molecule is CCc1noc(C)c1C(=O)N[C@@H]1COCC[C@@H]1Oc1ccc(C)nc1. The lowest BCUT2D eigenvalue weighted by molar-refractivity contribution is -0.00304. The zero-order valence-corrected chi connectivity index (χ0v) is 14.7. The van der Waals surface area contributed by atoms with Crippen molar-refractivity contribution >= 4 is 5.91 Å². The van der Waals surface area contributed by atoms with E-state index in [9.17, 15) is 4.79 Å². The molecule has 25 heavy (non-hydrogen) atoms. The summed E-state index contributed by atoms with van der Waals surface area (Å²) in [6.07, 6.45) is 2.86. The maximum absolute atomic E-state index is 12.7. The molecule has 0 unspecified atom stereocenters. The van der Waals surface area contributed by atoms with Crippen LogP contribution in [-0.4, -0.2) is 41.4 Å². The van der Waals surface area contributed by atoms with E-state index in [0.717, 1.165) is 5.69 Å². The molecule has 1 fully saturated rings. The van der Waals surface area contributed by atoms with Crippen molar-refractivity contribution in [2.45, 2.75) is 45.8 Å². The summed E-state index contributed by atoms with van der Waals surface area (Å²) in [5.41, 5.74) is 2.09. The van der Waals surface area contributed by atoms with E-state index < -0.39 is 0 Å². The molecule has 134 valence electrons. The predicted molar refractivity (Wildman–Crippen MR) is 90.7 cm³/mol.